The van der Waals surface area contributed by atoms with Crippen LogP contribution in [0.25, 0.3) is 6.08 Å². The van der Waals surface area contributed by atoms with Crippen LogP contribution in [0, 0.1) is 0 Å². The second-order valence-electron chi connectivity index (χ2n) is 7.96. The fourth-order valence-electron chi connectivity index (χ4n) is 3.99. The zero-order chi connectivity index (χ0) is 26.5. The smallest absolute Gasteiger partial charge is 0.344 e. The minimum atomic E-state index is -0.804. The number of esters is 2. The third kappa shape index (κ3) is 5.52. The maximum atomic E-state index is 13.8. The van der Waals surface area contributed by atoms with Gasteiger partial charge >= 0.3 is 11.9 Å². The molecule has 0 aliphatic carbocycles. The maximum absolute atomic E-state index is 13.8. The fourth-order valence-corrected chi connectivity index (χ4v) is 5.27. The molecule has 4 rings (SSSR count). The highest BCUT2D eigenvalue weighted by atomic mass is 35.5. The van der Waals surface area contributed by atoms with Gasteiger partial charge in [-0.15, -0.1) is 0 Å². The molecule has 1 aromatic heterocycles. The molecule has 1 atom stereocenters. The molecule has 2 aromatic carbocycles. The quantitative estimate of drug-likeness (QED) is 0.406. The first-order valence-corrected chi connectivity index (χ1v) is 12.9. The predicted molar refractivity (Wildman–Crippen MR) is 140 cm³/mol. The molecular weight excluding hydrogens is 516 g/mol. The number of rotatable bonds is 8. The number of allylic oxidation sites excluding steroid dienone is 1. The molecule has 0 radical (unpaired) electrons. The Kier molecular flexibility index (Phi) is 8.25. The van der Waals surface area contributed by atoms with E-state index in [0.717, 1.165) is 0 Å². The van der Waals surface area contributed by atoms with Gasteiger partial charge in [-0.05, 0) is 44.5 Å². The van der Waals surface area contributed by atoms with E-state index in [1.165, 1.54) is 15.9 Å². The summed E-state index contributed by atoms with van der Waals surface area (Å²) in [5.74, 6) is -0.619. The summed E-state index contributed by atoms with van der Waals surface area (Å²) in [6.45, 7) is 5.33. The number of hydrogen-bond acceptors (Lipinski definition) is 8. The van der Waals surface area contributed by atoms with Crippen molar-refractivity contribution in [2.45, 2.75) is 26.8 Å². The molecule has 0 amide bonds. The molecule has 0 saturated heterocycles. The Labute approximate surface area is 222 Å². The Morgan fingerprint density at radius 1 is 1.08 bits per heavy atom. The van der Waals surface area contributed by atoms with Gasteiger partial charge in [0.25, 0.3) is 5.56 Å². The second-order valence-corrected chi connectivity index (χ2v) is 9.37. The molecule has 8 nitrogen and oxygen atoms in total. The van der Waals surface area contributed by atoms with Crippen LogP contribution in [-0.4, -0.2) is 36.3 Å². The highest BCUT2D eigenvalue weighted by Gasteiger charge is 2.34. The summed E-state index contributed by atoms with van der Waals surface area (Å²) >= 11 is 7.72. The second kappa shape index (κ2) is 11.6. The number of hydrogen-bond donors (Lipinski definition) is 0. The molecule has 0 unspecified atom stereocenters. The summed E-state index contributed by atoms with van der Waals surface area (Å²) in [5.41, 5.74) is 1.56. The van der Waals surface area contributed by atoms with Crippen molar-refractivity contribution >= 4 is 41.0 Å². The molecule has 3 aromatic rings. The molecule has 37 heavy (non-hydrogen) atoms. The first-order valence-electron chi connectivity index (χ1n) is 11.7. The van der Waals surface area contributed by atoms with Gasteiger partial charge in [-0.2, -0.15) is 0 Å². The number of para-hydroxylation sites is 1. The van der Waals surface area contributed by atoms with Gasteiger partial charge in [0.2, 0.25) is 0 Å². The van der Waals surface area contributed by atoms with E-state index in [1.807, 2.05) is 0 Å². The Morgan fingerprint density at radius 3 is 2.51 bits per heavy atom. The number of benzene rings is 2. The number of fused-ring (bicyclic) bond motifs is 1. The van der Waals surface area contributed by atoms with E-state index in [-0.39, 0.29) is 31.0 Å². The van der Waals surface area contributed by atoms with Crippen LogP contribution in [0.4, 0.5) is 0 Å². The zero-order valence-corrected chi connectivity index (χ0v) is 22.1. The molecular formula is C27H25ClN2O6S. The lowest BCUT2D eigenvalue weighted by atomic mass is 9.96. The molecule has 2 heterocycles. The van der Waals surface area contributed by atoms with Crippen LogP contribution in [0.2, 0.25) is 5.02 Å². The van der Waals surface area contributed by atoms with E-state index in [0.29, 0.717) is 36.9 Å². The molecule has 0 fully saturated rings. The first-order chi connectivity index (χ1) is 17.8. The largest absolute Gasteiger partial charge is 0.481 e. The van der Waals surface area contributed by atoms with Gasteiger partial charge in [-0.1, -0.05) is 59.3 Å². The van der Waals surface area contributed by atoms with Crippen molar-refractivity contribution in [3.8, 4) is 5.75 Å². The summed E-state index contributed by atoms with van der Waals surface area (Å²) in [4.78, 5) is 43.5. The van der Waals surface area contributed by atoms with Crippen LogP contribution in [0.3, 0.4) is 0 Å². The maximum Gasteiger partial charge on any atom is 0.344 e. The first kappa shape index (κ1) is 26.4. The summed E-state index contributed by atoms with van der Waals surface area (Å²) < 4.78 is 17.7. The van der Waals surface area contributed by atoms with Gasteiger partial charge in [0.05, 0.1) is 29.0 Å². The molecule has 0 spiro atoms. The summed E-state index contributed by atoms with van der Waals surface area (Å²) in [5, 5.41) is 0.413. The van der Waals surface area contributed by atoms with Crippen LogP contribution >= 0.6 is 22.9 Å². The van der Waals surface area contributed by atoms with Crippen molar-refractivity contribution < 1.29 is 23.8 Å². The minimum absolute atomic E-state index is 0.178. The molecule has 1 aliphatic rings. The van der Waals surface area contributed by atoms with Crippen LogP contribution in [0.5, 0.6) is 5.75 Å². The summed E-state index contributed by atoms with van der Waals surface area (Å²) in [6.07, 6.45) is 1.68. The number of nitrogens with zero attached hydrogens (tertiary/aromatic N) is 2. The minimum Gasteiger partial charge on any atom is -0.481 e. The molecule has 192 valence electrons. The van der Waals surface area contributed by atoms with Crippen molar-refractivity contribution in [2.24, 2.45) is 4.99 Å². The number of aromatic nitrogens is 1. The highest BCUT2D eigenvalue weighted by Crippen LogP contribution is 2.34. The van der Waals surface area contributed by atoms with Crippen molar-refractivity contribution in [1.82, 2.24) is 4.57 Å². The molecule has 0 N–H and O–H groups in total. The van der Waals surface area contributed by atoms with Gasteiger partial charge in [-0.3, -0.25) is 9.36 Å². The summed E-state index contributed by atoms with van der Waals surface area (Å²) in [7, 11) is 0. The van der Waals surface area contributed by atoms with E-state index >= 15 is 0 Å². The van der Waals surface area contributed by atoms with E-state index in [4.69, 9.17) is 25.8 Å². The van der Waals surface area contributed by atoms with E-state index < -0.39 is 18.0 Å². The Balaban J connectivity index is 1.85. The van der Waals surface area contributed by atoms with E-state index in [1.54, 1.807) is 75.4 Å². The molecule has 0 bridgehead atoms. The monoisotopic (exact) mass is 540 g/mol. The van der Waals surface area contributed by atoms with Crippen molar-refractivity contribution in [2.75, 3.05) is 19.8 Å². The van der Waals surface area contributed by atoms with E-state index in [2.05, 4.69) is 4.99 Å². The number of ether oxygens (including phenoxy) is 3. The topological polar surface area (TPSA) is 96.2 Å². The van der Waals surface area contributed by atoms with Crippen molar-refractivity contribution in [3.05, 3.63) is 95.6 Å². The lowest BCUT2D eigenvalue weighted by molar-refractivity contribution is -0.145. The Hall–Kier alpha value is -3.69. The summed E-state index contributed by atoms with van der Waals surface area (Å²) in [6, 6.07) is 13.3. The fraction of sp³-hybridized carbons (Fsp3) is 0.259. The van der Waals surface area contributed by atoms with Gasteiger partial charge in [-0.25, -0.2) is 14.6 Å². The number of halogens is 1. The molecule has 1 aliphatic heterocycles. The molecule has 0 saturated carbocycles. The van der Waals surface area contributed by atoms with Gasteiger partial charge in [0.15, 0.2) is 11.4 Å². The van der Waals surface area contributed by atoms with Crippen LogP contribution in [-0.2, 0) is 19.1 Å². The third-order valence-electron chi connectivity index (χ3n) is 5.57. The number of carbonyl (C=O) groups excluding carboxylic acids is 2. The van der Waals surface area contributed by atoms with Gasteiger partial charge < -0.3 is 14.2 Å². The molecule has 10 heteroatoms. The predicted octanol–water partition coefficient (Wildman–Crippen LogP) is 3.39. The van der Waals surface area contributed by atoms with E-state index in [9.17, 15) is 14.4 Å². The third-order valence-corrected chi connectivity index (χ3v) is 6.90. The van der Waals surface area contributed by atoms with Crippen LogP contribution in [0.1, 0.15) is 37.9 Å². The lowest BCUT2D eigenvalue weighted by Gasteiger charge is -2.25. The number of thiazole rings is 1. The standard InChI is InChI=1S/C27H25ClN2O6S/c1-4-34-22(31)15-36-20-13-9-6-10-17(20)14-21-25(32)30-24(18-11-7-8-12-19(18)28)23(26(33)35-5-2)16(3)29-27(30)37-21/h6-14,24H,4-5,15H2,1-3H3/b21-14-/t24-/m1/s1. The zero-order valence-electron chi connectivity index (χ0n) is 20.5. The Bertz CT molecular complexity index is 1560. The van der Waals surface area contributed by atoms with Crippen molar-refractivity contribution in [3.63, 3.8) is 0 Å². The van der Waals surface area contributed by atoms with Gasteiger partial charge in [0.1, 0.15) is 11.8 Å². The normalized spacial score (nSPS) is 15.1. The SMILES string of the molecule is CCOC(=O)COc1ccccc1/C=c1\sc2n(c1=O)[C@H](c1ccccc1Cl)C(C(=O)OCC)=C(C)N=2. The van der Waals surface area contributed by atoms with Crippen LogP contribution in [0.15, 0.2) is 69.6 Å². The number of carbonyl (C=O) groups is 2. The Morgan fingerprint density at radius 2 is 1.78 bits per heavy atom. The lowest BCUT2D eigenvalue weighted by Crippen LogP contribution is -2.40. The highest BCUT2D eigenvalue weighted by molar-refractivity contribution is 7.07. The van der Waals surface area contributed by atoms with Gasteiger partial charge in [0, 0.05) is 10.6 Å². The van der Waals surface area contributed by atoms with Crippen molar-refractivity contribution in [1.29, 1.82) is 0 Å². The average Bonchev–Trinajstić information content (AvgIpc) is 3.17. The van der Waals surface area contributed by atoms with Crippen LogP contribution < -0.4 is 19.6 Å². The average molecular weight is 541 g/mol.